The third-order valence-corrected chi connectivity index (χ3v) is 3.79. The van der Waals surface area contributed by atoms with Gasteiger partial charge in [0.2, 0.25) is 6.41 Å². The normalized spacial score (nSPS) is 12.6. The van der Waals surface area contributed by atoms with Crippen LogP contribution in [0.1, 0.15) is 5.56 Å². The lowest BCUT2D eigenvalue weighted by atomic mass is 10.0. The molecule has 0 bridgehead atoms. The largest absolute Gasteiger partial charge is 0.471 e. The van der Waals surface area contributed by atoms with Crippen molar-refractivity contribution < 1.29 is 9.53 Å². The molecule has 1 aliphatic heterocycles. The molecule has 0 spiro atoms. The van der Waals surface area contributed by atoms with Crippen LogP contribution in [-0.4, -0.2) is 22.5 Å². The number of carbonyl (C=O) groups excluding carboxylic acids is 1. The number of carbonyl (C=O) groups is 1. The molecule has 6 heteroatoms. The molecule has 0 atom stereocenters. The average Bonchev–Trinajstić information content (AvgIpc) is 3.11. The zero-order valence-electron chi connectivity index (χ0n) is 12.0. The van der Waals surface area contributed by atoms with Crippen molar-refractivity contribution in [2.45, 2.75) is 6.92 Å². The van der Waals surface area contributed by atoms with E-state index in [9.17, 15) is 4.79 Å². The standard InChI is InChI=1S/C16H14N4O2/c1-10-4-13-14(22-9-18-13)5-12(10)11-2-3-16-19-15(17-8-21)7-20(16)6-11/h2-8,18H,9H2,1H3,(H,17,21). The molecular formula is C16H14N4O2. The average molecular weight is 294 g/mol. The molecule has 2 N–H and O–H groups in total. The minimum atomic E-state index is 0.513. The Balaban J connectivity index is 1.82. The van der Waals surface area contributed by atoms with Crippen LogP contribution in [0.5, 0.6) is 5.75 Å². The Bertz CT molecular complexity index is 885. The summed E-state index contributed by atoms with van der Waals surface area (Å²) in [6, 6.07) is 8.09. The topological polar surface area (TPSA) is 67.7 Å². The summed E-state index contributed by atoms with van der Waals surface area (Å²) in [5.74, 6) is 1.40. The maximum absolute atomic E-state index is 10.5. The van der Waals surface area contributed by atoms with Gasteiger partial charge >= 0.3 is 0 Å². The van der Waals surface area contributed by atoms with Crippen molar-refractivity contribution in [1.82, 2.24) is 9.38 Å². The van der Waals surface area contributed by atoms with Crippen LogP contribution in [0.25, 0.3) is 16.8 Å². The summed E-state index contributed by atoms with van der Waals surface area (Å²) < 4.78 is 7.46. The predicted molar refractivity (Wildman–Crippen MR) is 84.2 cm³/mol. The number of imidazole rings is 1. The van der Waals surface area contributed by atoms with Gasteiger partial charge < -0.3 is 19.8 Å². The third-order valence-electron chi connectivity index (χ3n) is 3.79. The van der Waals surface area contributed by atoms with Crippen LogP contribution in [0.3, 0.4) is 0 Å². The van der Waals surface area contributed by atoms with Crippen LogP contribution >= 0.6 is 0 Å². The van der Waals surface area contributed by atoms with Crippen molar-refractivity contribution in [3.8, 4) is 16.9 Å². The van der Waals surface area contributed by atoms with E-state index >= 15 is 0 Å². The van der Waals surface area contributed by atoms with Gasteiger partial charge in [-0.25, -0.2) is 4.98 Å². The van der Waals surface area contributed by atoms with Crippen LogP contribution in [0.4, 0.5) is 11.5 Å². The van der Waals surface area contributed by atoms with Gasteiger partial charge in [-0.2, -0.15) is 0 Å². The molecule has 6 nitrogen and oxygen atoms in total. The Hall–Kier alpha value is -3.02. The highest BCUT2D eigenvalue weighted by Crippen LogP contribution is 2.36. The number of aryl methyl sites for hydroxylation is 1. The molecule has 2 aromatic heterocycles. The SMILES string of the molecule is Cc1cc2c(cc1-c1ccc3nc(NC=O)cn3c1)OCN2. The van der Waals surface area contributed by atoms with E-state index < -0.39 is 0 Å². The van der Waals surface area contributed by atoms with Gasteiger partial charge in [0.25, 0.3) is 0 Å². The molecule has 22 heavy (non-hydrogen) atoms. The van der Waals surface area contributed by atoms with Crippen molar-refractivity contribution >= 4 is 23.6 Å². The number of aromatic nitrogens is 2. The van der Waals surface area contributed by atoms with Gasteiger partial charge in [0.1, 0.15) is 11.4 Å². The highest BCUT2D eigenvalue weighted by atomic mass is 16.5. The Morgan fingerprint density at radius 2 is 2.27 bits per heavy atom. The fourth-order valence-electron chi connectivity index (χ4n) is 2.73. The monoisotopic (exact) mass is 294 g/mol. The van der Waals surface area contributed by atoms with Gasteiger partial charge in [0, 0.05) is 6.20 Å². The van der Waals surface area contributed by atoms with Crippen molar-refractivity contribution in [3.63, 3.8) is 0 Å². The lowest BCUT2D eigenvalue weighted by molar-refractivity contribution is -0.105. The third kappa shape index (κ3) is 1.96. The van der Waals surface area contributed by atoms with Crippen LogP contribution in [0, 0.1) is 6.92 Å². The van der Waals surface area contributed by atoms with E-state index in [1.807, 2.05) is 28.8 Å². The Labute approximate surface area is 126 Å². The highest BCUT2D eigenvalue weighted by molar-refractivity contribution is 5.76. The lowest BCUT2D eigenvalue weighted by Gasteiger charge is -2.09. The Kier molecular flexibility index (Phi) is 2.75. The minimum absolute atomic E-state index is 0.513. The Morgan fingerprint density at radius 3 is 3.14 bits per heavy atom. The van der Waals surface area contributed by atoms with Crippen molar-refractivity contribution in [1.29, 1.82) is 0 Å². The molecule has 3 heterocycles. The Morgan fingerprint density at radius 1 is 1.36 bits per heavy atom. The van der Waals surface area contributed by atoms with Crippen LogP contribution in [-0.2, 0) is 4.79 Å². The lowest BCUT2D eigenvalue weighted by Crippen LogP contribution is -1.96. The van der Waals surface area contributed by atoms with Gasteiger partial charge in [-0.1, -0.05) is 0 Å². The molecule has 0 unspecified atom stereocenters. The van der Waals surface area contributed by atoms with Gasteiger partial charge in [0.15, 0.2) is 12.5 Å². The quantitative estimate of drug-likeness (QED) is 0.729. The molecule has 0 saturated heterocycles. The van der Waals surface area contributed by atoms with Crippen molar-refractivity contribution in [3.05, 3.63) is 42.2 Å². The molecule has 0 aliphatic carbocycles. The molecule has 4 rings (SSSR count). The number of hydrogen-bond donors (Lipinski definition) is 2. The second kappa shape index (κ2) is 4.77. The van der Waals surface area contributed by atoms with E-state index in [-0.39, 0.29) is 0 Å². The van der Waals surface area contributed by atoms with Crippen LogP contribution in [0.15, 0.2) is 36.7 Å². The fourth-order valence-corrected chi connectivity index (χ4v) is 2.73. The second-order valence-corrected chi connectivity index (χ2v) is 5.20. The van der Waals surface area contributed by atoms with Gasteiger partial charge in [-0.05, 0) is 47.9 Å². The van der Waals surface area contributed by atoms with E-state index in [0.717, 1.165) is 28.2 Å². The van der Waals surface area contributed by atoms with E-state index in [2.05, 4.69) is 28.6 Å². The second-order valence-electron chi connectivity index (χ2n) is 5.20. The van der Waals surface area contributed by atoms with E-state index in [4.69, 9.17) is 4.74 Å². The first-order chi connectivity index (χ1) is 10.7. The summed E-state index contributed by atoms with van der Waals surface area (Å²) in [5, 5.41) is 5.75. The van der Waals surface area contributed by atoms with E-state index in [0.29, 0.717) is 19.0 Å². The summed E-state index contributed by atoms with van der Waals surface area (Å²) in [5.41, 5.74) is 5.16. The number of pyridine rings is 1. The summed E-state index contributed by atoms with van der Waals surface area (Å²) >= 11 is 0. The number of amides is 1. The maximum atomic E-state index is 10.5. The van der Waals surface area contributed by atoms with Crippen LogP contribution in [0.2, 0.25) is 0 Å². The van der Waals surface area contributed by atoms with E-state index in [1.165, 1.54) is 5.56 Å². The first kappa shape index (κ1) is 12.7. The molecule has 0 fully saturated rings. The number of rotatable bonds is 3. The number of nitrogens with one attached hydrogen (secondary N) is 2. The zero-order valence-corrected chi connectivity index (χ0v) is 12.0. The maximum Gasteiger partial charge on any atom is 0.212 e. The highest BCUT2D eigenvalue weighted by Gasteiger charge is 2.15. The van der Waals surface area contributed by atoms with Gasteiger partial charge in [-0.15, -0.1) is 0 Å². The fraction of sp³-hybridized carbons (Fsp3) is 0.125. The first-order valence-electron chi connectivity index (χ1n) is 6.95. The minimum Gasteiger partial charge on any atom is -0.471 e. The number of anilines is 2. The smallest absolute Gasteiger partial charge is 0.212 e. The summed E-state index contributed by atoms with van der Waals surface area (Å²) in [6.45, 7) is 2.59. The van der Waals surface area contributed by atoms with Crippen molar-refractivity contribution in [2.75, 3.05) is 17.4 Å². The molecule has 1 aromatic carbocycles. The molecule has 0 radical (unpaired) electrons. The number of fused-ring (bicyclic) bond motifs is 2. The molecule has 1 amide bonds. The molecular weight excluding hydrogens is 280 g/mol. The number of nitrogens with zero attached hydrogens (tertiary/aromatic N) is 2. The van der Waals surface area contributed by atoms with Gasteiger partial charge in [0.05, 0.1) is 11.9 Å². The molecule has 1 aliphatic rings. The number of ether oxygens (including phenoxy) is 1. The van der Waals surface area contributed by atoms with Crippen LogP contribution < -0.4 is 15.4 Å². The molecule has 0 saturated carbocycles. The number of benzene rings is 1. The summed E-state index contributed by atoms with van der Waals surface area (Å²) in [4.78, 5) is 14.8. The van der Waals surface area contributed by atoms with Crippen molar-refractivity contribution in [2.24, 2.45) is 0 Å². The summed E-state index contributed by atoms with van der Waals surface area (Å²) in [6.07, 6.45) is 4.40. The summed E-state index contributed by atoms with van der Waals surface area (Å²) in [7, 11) is 0. The predicted octanol–water partition coefficient (Wildman–Crippen LogP) is 2.64. The zero-order chi connectivity index (χ0) is 15.1. The molecule has 110 valence electrons. The van der Waals surface area contributed by atoms with E-state index in [1.54, 1.807) is 6.20 Å². The number of hydrogen-bond acceptors (Lipinski definition) is 4. The molecule has 3 aromatic rings. The van der Waals surface area contributed by atoms with Gasteiger partial charge in [-0.3, -0.25) is 4.79 Å². The first-order valence-corrected chi connectivity index (χ1v) is 6.95.